The number of hydrogen-bond acceptors (Lipinski definition) is 3. The summed E-state index contributed by atoms with van der Waals surface area (Å²) in [6.45, 7) is 9.86. The van der Waals surface area contributed by atoms with Crippen LogP contribution < -0.4 is 10.1 Å². The largest absolute Gasteiger partial charge is 0.492 e. The molecule has 1 aromatic carbocycles. The van der Waals surface area contributed by atoms with Crippen LogP contribution in [0.5, 0.6) is 5.75 Å². The molecule has 0 aliphatic heterocycles. The van der Waals surface area contributed by atoms with Crippen LogP contribution in [0.4, 0.5) is 0 Å². The van der Waals surface area contributed by atoms with Crippen LogP contribution >= 0.6 is 0 Å². The maximum absolute atomic E-state index is 11.9. The molecule has 0 aliphatic carbocycles. The molecule has 0 heterocycles. The van der Waals surface area contributed by atoms with Gasteiger partial charge in [0, 0.05) is 12.1 Å². The molecule has 4 nitrogen and oxygen atoms in total. The third kappa shape index (κ3) is 7.14. The van der Waals surface area contributed by atoms with E-state index in [2.05, 4.69) is 12.2 Å². The molecule has 118 valence electrons. The van der Waals surface area contributed by atoms with Gasteiger partial charge in [0.05, 0.1) is 6.54 Å². The van der Waals surface area contributed by atoms with E-state index in [0.29, 0.717) is 19.7 Å². The fraction of sp³-hybridized carbons (Fsp3) is 0.588. The van der Waals surface area contributed by atoms with Gasteiger partial charge in [-0.1, -0.05) is 24.6 Å². The first-order chi connectivity index (χ1) is 9.82. The standard InChI is InChI=1S/C17H28N2O2/c1-6-17(3,4)18-16(20)13-19(5)11-12-21-15-9-7-14(2)8-10-15/h7-10H,6,11-13H2,1-5H3,(H,18,20). The van der Waals surface area contributed by atoms with Gasteiger partial charge in [0.1, 0.15) is 12.4 Å². The minimum Gasteiger partial charge on any atom is -0.492 e. The predicted octanol–water partition coefficient (Wildman–Crippen LogP) is 2.61. The van der Waals surface area contributed by atoms with E-state index in [-0.39, 0.29) is 11.4 Å². The normalized spacial score (nSPS) is 11.5. The van der Waals surface area contributed by atoms with E-state index in [0.717, 1.165) is 12.2 Å². The first-order valence-electron chi connectivity index (χ1n) is 7.51. The Hall–Kier alpha value is -1.55. The van der Waals surface area contributed by atoms with Crippen molar-refractivity contribution in [1.29, 1.82) is 0 Å². The zero-order valence-electron chi connectivity index (χ0n) is 13.9. The minimum atomic E-state index is -0.143. The van der Waals surface area contributed by atoms with E-state index >= 15 is 0 Å². The molecule has 0 fully saturated rings. The average molecular weight is 292 g/mol. The summed E-state index contributed by atoms with van der Waals surface area (Å²) >= 11 is 0. The molecule has 0 unspecified atom stereocenters. The van der Waals surface area contributed by atoms with Crippen LogP contribution in [0.3, 0.4) is 0 Å². The fourth-order valence-electron chi connectivity index (χ4n) is 1.78. The Balaban J connectivity index is 2.26. The minimum absolute atomic E-state index is 0.0553. The Kier molecular flexibility index (Phi) is 6.69. The van der Waals surface area contributed by atoms with Gasteiger partial charge in [0.15, 0.2) is 0 Å². The molecule has 1 aromatic rings. The van der Waals surface area contributed by atoms with Gasteiger partial charge in [0.25, 0.3) is 0 Å². The number of carbonyl (C=O) groups excluding carboxylic acids is 1. The molecule has 1 amide bonds. The molecule has 0 saturated heterocycles. The van der Waals surface area contributed by atoms with Gasteiger partial charge < -0.3 is 10.1 Å². The summed E-state index contributed by atoms with van der Waals surface area (Å²) in [5.41, 5.74) is 1.07. The quantitative estimate of drug-likeness (QED) is 0.801. The number of ether oxygens (including phenoxy) is 1. The second-order valence-corrected chi connectivity index (χ2v) is 6.18. The zero-order chi connectivity index (χ0) is 15.9. The molecule has 1 rings (SSSR count). The van der Waals surface area contributed by atoms with Crippen LogP contribution in [-0.2, 0) is 4.79 Å². The highest BCUT2D eigenvalue weighted by atomic mass is 16.5. The highest BCUT2D eigenvalue weighted by Crippen LogP contribution is 2.11. The maximum Gasteiger partial charge on any atom is 0.234 e. The van der Waals surface area contributed by atoms with Crippen molar-refractivity contribution in [3.8, 4) is 5.75 Å². The van der Waals surface area contributed by atoms with E-state index in [1.165, 1.54) is 5.56 Å². The molecular formula is C17H28N2O2. The Morgan fingerprint density at radius 3 is 2.48 bits per heavy atom. The highest BCUT2D eigenvalue weighted by Gasteiger charge is 2.18. The predicted molar refractivity (Wildman–Crippen MR) is 86.7 cm³/mol. The van der Waals surface area contributed by atoms with Gasteiger partial charge in [-0.25, -0.2) is 0 Å². The molecule has 0 aromatic heterocycles. The lowest BCUT2D eigenvalue weighted by molar-refractivity contribution is -0.123. The first-order valence-corrected chi connectivity index (χ1v) is 7.51. The van der Waals surface area contributed by atoms with Gasteiger partial charge >= 0.3 is 0 Å². The van der Waals surface area contributed by atoms with Crippen LogP contribution in [0.25, 0.3) is 0 Å². The molecule has 1 N–H and O–H groups in total. The third-order valence-corrected chi connectivity index (χ3v) is 3.54. The van der Waals surface area contributed by atoms with E-state index in [9.17, 15) is 4.79 Å². The van der Waals surface area contributed by atoms with Crippen LogP contribution in [0.2, 0.25) is 0 Å². The summed E-state index contributed by atoms with van der Waals surface area (Å²) in [6.07, 6.45) is 0.916. The molecule has 0 aliphatic rings. The Morgan fingerprint density at radius 2 is 1.90 bits per heavy atom. The summed E-state index contributed by atoms with van der Waals surface area (Å²) in [7, 11) is 1.93. The monoisotopic (exact) mass is 292 g/mol. The Bertz CT molecular complexity index is 441. The summed E-state index contributed by atoms with van der Waals surface area (Å²) in [6, 6.07) is 7.98. The first kappa shape index (κ1) is 17.5. The lowest BCUT2D eigenvalue weighted by Crippen LogP contribution is -2.47. The SMILES string of the molecule is CCC(C)(C)NC(=O)CN(C)CCOc1ccc(C)cc1. The summed E-state index contributed by atoms with van der Waals surface area (Å²) in [4.78, 5) is 13.9. The van der Waals surface area contributed by atoms with Gasteiger partial charge in [-0.3, -0.25) is 9.69 Å². The smallest absolute Gasteiger partial charge is 0.234 e. The second kappa shape index (κ2) is 8.03. The van der Waals surface area contributed by atoms with Crippen molar-refractivity contribution in [1.82, 2.24) is 10.2 Å². The van der Waals surface area contributed by atoms with Crippen LogP contribution in [0.1, 0.15) is 32.8 Å². The van der Waals surface area contributed by atoms with Crippen LogP contribution in [0.15, 0.2) is 24.3 Å². The second-order valence-electron chi connectivity index (χ2n) is 6.18. The van der Waals surface area contributed by atoms with Crippen molar-refractivity contribution in [2.24, 2.45) is 0 Å². The van der Waals surface area contributed by atoms with Crippen LogP contribution in [-0.4, -0.2) is 43.1 Å². The van der Waals surface area contributed by atoms with Crippen LogP contribution in [0, 0.1) is 6.92 Å². The number of nitrogens with one attached hydrogen (secondary N) is 1. The number of aryl methyl sites for hydroxylation is 1. The van der Waals surface area contributed by atoms with Crippen molar-refractivity contribution in [2.75, 3.05) is 26.7 Å². The number of hydrogen-bond donors (Lipinski definition) is 1. The lowest BCUT2D eigenvalue weighted by atomic mass is 10.0. The van der Waals surface area contributed by atoms with E-state index in [4.69, 9.17) is 4.74 Å². The van der Waals surface area contributed by atoms with Crippen molar-refractivity contribution < 1.29 is 9.53 Å². The van der Waals surface area contributed by atoms with Gasteiger partial charge in [-0.15, -0.1) is 0 Å². The van der Waals surface area contributed by atoms with E-state index in [1.807, 2.05) is 57.0 Å². The molecule has 21 heavy (non-hydrogen) atoms. The number of amides is 1. The van der Waals surface area contributed by atoms with Gasteiger partial charge in [0.2, 0.25) is 5.91 Å². The molecule has 0 bridgehead atoms. The molecule has 0 saturated carbocycles. The number of nitrogens with zero attached hydrogens (tertiary/aromatic N) is 1. The number of benzene rings is 1. The van der Waals surface area contributed by atoms with Gasteiger partial charge in [-0.2, -0.15) is 0 Å². The van der Waals surface area contributed by atoms with Crippen molar-refractivity contribution >= 4 is 5.91 Å². The maximum atomic E-state index is 11.9. The topological polar surface area (TPSA) is 41.6 Å². The molecule has 0 atom stereocenters. The number of carbonyl (C=O) groups is 1. The summed E-state index contributed by atoms with van der Waals surface area (Å²) in [5, 5.41) is 3.03. The third-order valence-electron chi connectivity index (χ3n) is 3.54. The van der Waals surface area contributed by atoms with E-state index in [1.54, 1.807) is 0 Å². The lowest BCUT2D eigenvalue weighted by Gasteiger charge is -2.26. The van der Waals surface area contributed by atoms with Crippen molar-refractivity contribution in [3.05, 3.63) is 29.8 Å². The summed E-state index contributed by atoms with van der Waals surface area (Å²) < 4.78 is 5.66. The van der Waals surface area contributed by atoms with E-state index < -0.39 is 0 Å². The average Bonchev–Trinajstić information content (AvgIpc) is 2.40. The number of likely N-dealkylation sites (N-methyl/N-ethyl adjacent to an activating group) is 1. The van der Waals surface area contributed by atoms with Crippen molar-refractivity contribution in [3.63, 3.8) is 0 Å². The Labute approximate surface area is 128 Å². The van der Waals surface area contributed by atoms with Crippen molar-refractivity contribution in [2.45, 2.75) is 39.7 Å². The fourth-order valence-corrected chi connectivity index (χ4v) is 1.78. The zero-order valence-corrected chi connectivity index (χ0v) is 13.9. The molecule has 0 radical (unpaired) electrons. The molecule has 0 spiro atoms. The molecule has 4 heteroatoms. The number of rotatable bonds is 8. The summed E-state index contributed by atoms with van der Waals surface area (Å²) in [5.74, 6) is 0.922. The highest BCUT2D eigenvalue weighted by molar-refractivity contribution is 5.78. The van der Waals surface area contributed by atoms with Gasteiger partial charge in [-0.05, 0) is 46.4 Å². The molecular weight excluding hydrogens is 264 g/mol. The Morgan fingerprint density at radius 1 is 1.29 bits per heavy atom.